The molecule has 3 aliphatic carbocycles. The van der Waals surface area contributed by atoms with Gasteiger partial charge in [0.2, 0.25) is 0 Å². The van der Waals surface area contributed by atoms with E-state index in [0.717, 1.165) is 52.5 Å². The lowest BCUT2D eigenvalue weighted by molar-refractivity contribution is -0.140. The molecule has 0 radical (unpaired) electrons. The van der Waals surface area contributed by atoms with Crippen molar-refractivity contribution in [2.24, 2.45) is 17.8 Å². The summed E-state index contributed by atoms with van der Waals surface area (Å²) >= 11 is 0. The van der Waals surface area contributed by atoms with Crippen molar-refractivity contribution in [3.05, 3.63) is 238 Å². The van der Waals surface area contributed by atoms with Gasteiger partial charge >= 0.3 is 6.18 Å². The summed E-state index contributed by atoms with van der Waals surface area (Å²) in [4.78, 5) is 61.1. The van der Waals surface area contributed by atoms with E-state index in [0.29, 0.717) is 64.0 Å². The molecule has 15 rings (SSSR count). The number of nitrogens with zero attached hydrogens (tertiary/aromatic N) is 3. The normalized spacial score (nSPS) is 20.3. The first kappa shape index (κ1) is 64.7. The first-order valence-electron chi connectivity index (χ1n) is 30.6. The van der Waals surface area contributed by atoms with E-state index in [-0.39, 0.29) is 138 Å². The standard InChI is InChI=1S/C26H20F4N2O4.C23H17F3N2O3.C23H18F2N2O3/c1-31-25(34)21-12-16(6-7-32-21)35-15-3-5-22-17(11-15)23-18(24(23)36-22)10-14(33)8-13-2-4-20(27)19(9-13)26(28,29)30;24-17-10-19(26)18(25)6-11(17)5-12(29)7-16-22-15-8-13(1-2-20(15)31-23(16)22)30-14-3-4-28-21(27)9-14;24-13-2-1-12(19(25)8-13)7-14(28)9-18-22-17-10-15(3-4-20(17)30-23(18)22)29-16-5-6-27-21(26)11-16/h2-7,9,11-12,18,23-24H,8,10H2,1H3,(H,31,34);1-4,6,8-10,16,22-23H,5,7H2,(H2,27,28);1-6,8,10-11,18,22-23H,7,9H2,(H2,26,27)/t18-,23-,24+;16-,22-,23+;18-,22-,23+/m000/s1. The topological polar surface area (TPSA) is 226 Å². The van der Waals surface area contributed by atoms with Gasteiger partial charge in [-0.2, -0.15) is 13.2 Å². The third kappa shape index (κ3) is 14.4. The maximum Gasteiger partial charge on any atom is 0.419 e. The summed E-state index contributed by atoms with van der Waals surface area (Å²) in [7, 11) is 1.50. The number of benzene rings is 6. The van der Waals surface area contributed by atoms with Gasteiger partial charge in [-0.05, 0) is 114 Å². The molecule has 0 unspecified atom stereocenters. The Hall–Kier alpha value is -11.0. The molecule has 3 fully saturated rings. The first-order chi connectivity index (χ1) is 46.5. The van der Waals surface area contributed by atoms with Crippen LogP contribution >= 0.6 is 0 Å². The number of carbonyl (C=O) groups excluding carboxylic acids is 4. The highest BCUT2D eigenvalue weighted by atomic mass is 19.4. The van der Waals surface area contributed by atoms with Crippen molar-refractivity contribution < 1.29 is 87.1 Å². The third-order valence-electron chi connectivity index (χ3n) is 17.5. The van der Waals surface area contributed by atoms with Crippen molar-refractivity contribution in [3.8, 4) is 51.7 Å². The van der Waals surface area contributed by atoms with E-state index in [1.165, 1.54) is 31.4 Å². The van der Waals surface area contributed by atoms with E-state index in [9.17, 15) is 58.7 Å². The minimum absolute atomic E-state index is 0.0228. The number of ether oxygens (including phenoxy) is 6. The number of amides is 1. The smallest absolute Gasteiger partial charge is 0.419 e. The molecule has 97 heavy (non-hydrogen) atoms. The van der Waals surface area contributed by atoms with Gasteiger partial charge in [0.05, 0.1) is 5.56 Å². The molecule has 1 amide bonds. The van der Waals surface area contributed by atoms with Crippen molar-refractivity contribution in [3.63, 3.8) is 0 Å². The quantitative estimate of drug-likeness (QED) is 0.0505. The molecular formula is C72H55F9N6O10. The Balaban J connectivity index is 0.000000132. The number of carbonyl (C=O) groups is 4. The second-order valence-electron chi connectivity index (χ2n) is 24.2. The van der Waals surface area contributed by atoms with Crippen LogP contribution in [0.2, 0.25) is 0 Å². The second kappa shape index (κ2) is 26.3. The number of fused-ring (bicyclic) bond motifs is 9. The summed E-state index contributed by atoms with van der Waals surface area (Å²) in [6.07, 6.45) is -0.560. The van der Waals surface area contributed by atoms with Crippen LogP contribution in [0.4, 0.5) is 51.1 Å². The number of aromatic nitrogens is 3. The zero-order valence-corrected chi connectivity index (χ0v) is 50.9. The van der Waals surface area contributed by atoms with Crippen molar-refractivity contribution >= 4 is 34.9 Å². The summed E-state index contributed by atoms with van der Waals surface area (Å²) in [5, 5.41) is 2.50. The Morgan fingerprint density at radius 1 is 0.454 bits per heavy atom. The van der Waals surface area contributed by atoms with E-state index >= 15 is 0 Å². The monoisotopic (exact) mass is 1330 g/mol. The number of anilines is 2. The minimum atomic E-state index is -4.83. The highest BCUT2D eigenvalue weighted by Gasteiger charge is 2.61. The van der Waals surface area contributed by atoms with Crippen molar-refractivity contribution in [1.82, 2.24) is 20.3 Å². The van der Waals surface area contributed by atoms with Crippen LogP contribution in [0.1, 0.15) is 86.4 Å². The Bertz CT molecular complexity index is 4620. The molecule has 3 aliphatic heterocycles. The molecular weight excluding hydrogens is 1280 g/mol. The molecule has 0 bridgehead atoms. The molecule has 6 aliphatic rings. The molecule has 5 N–H and O–H groups in total. The predicted molar refractivity (Wildman–Crippen MR) is 330 cm³/mol. The van der Waals surface area contributed by atoms with Gasteiger partial charge in [0.1, 0.15) is 128 Å². The van der Waals surface area contributed by atoms with Gasteiger partial charge in [-0.3, -0.25) is 24.2 Å². The summed E-state index contributed by atoms with van der Waals surface area (Å²) in [5.74, 6) is -0.680. The highest BCUT2D eigenvalue weighted by molar-refractivity contribution is 5.92. The summed E-state index contributed by atoms with van der Waals surface area (Å²) in [6, 6.07) is 33.3. The van der Waals surface area contributed by atoms with E-state index in [1.807, 2.05) is 36.4 Å². The van der Waals surface area contributed by atoms with Gasteiger partial charge < -0.3 is 45.2 Å². The lowest BCUT2D eigenvalue weighted by Gasteiger charge is -2.12. The van der Waals surface area contributed by atoms with E-state index in [4.69, 9.17) is 39.9 Å². The first-order valence-corrected chi connectivity index (χ1v) is 30.6. The van der Waals surface area contributed by atoms with Gasteiger partial charge in [0.25, 0.3) is 5.91 Å². The number of alkyl halides is 3. The van der Waals surface area contributed by atoms with Crippen LogP contribution < -0.4 is 45.2 Å². The SMILES string of the molecule is CNC(=O)c1cc(Oc2ccc3c(c2)[C@H]2[C@H](CC(=O)Cc4ccc(F)c(C(F)(F)F)c4)[C@H]2O3)ccn1.Nc1cc(Oc2ccc3c(c2)[C@H]2[C@H](CC(=O)Cc4cc(F)c(F)cc4F)[C@H]2O3)ccn1.Nc1cc(Oc2ccc3c(c2)[C@H]2[C@H](CC(=O)Cc4ccc(F)cc4F)[C@H]2O3)ccn1. The number of rotatable bonds is 19. The fourth-order valence-corrected chi connectivity index (χ4v) is 12.8. The number of ketones is 3. The number of pyridine rings is 3. The van der Waals surface area contributed by atoms with E-state index in [1.54, 1.807) is 60.9 Å². The second-order valence-corrected chi connectivity index (χ2v) is 24.2. The molecule has 0 saturated heterocycles. The van der Waals surface area contributed by atoms with Crippen LogP contribution in [0.3, 0.4) is 0 Å². The van der Waals surface area contributed by atoms with E-state index < -0.39 is 46.6 Å². The van der Waals surface area contributed by atoms with Crippen LogP contribution in [-0.4, -0.2) is 63.6 Å². The maximum absolute atomic E-state index is 13.8. The Labute approximate surface area is 546 Å². The Morgan fingerprint density at radius 3 is 1.35 bits per heavy atom. The molecule has 3 aromatic heterocycles. The third-order valence-corrected chi connectivity index (χ3v) is 17.5. The number of nitrogen functional groups attached to an aromatic ring is 2. The van der Waals surface area contributed by atoms with Crippen LogP contribution in [-0.2, 0) is 39.8 Å². The number of halogens is 9. The molecule has 9 aromatic rings. The van der Waals surface area contributed by atoms with Gasteiger partial charge in [0, 0.05) is 147 Å². The summed E-state index contributed by atoms with van der Waals surface area (Å²) in [5.41, 5.74) is 13.2. The number of hydrogen-bond donors (Lipinski definition) is 3. The molecule has 496 valence electrons. The zero-order chi connectivity index (χ0) is 68.1. The van der Waals surface area contributed by atoms with E-state index in [2.05, 4.69) is 20.3 Å². The highest BCUT2D eigenvalue weighted by Crippen LogP contribution is 2.63. The molecule has 6 aromatic carbocycles. The Kier molecular flexibility index (Phi) is 17.6. The van der Waals surface area contributed by atoms with Crippen LogP contribution in [0.5, 0.6) is 51.7 Å². The van der Waals surface area contributed by atoms with Crippen LogP contribution in [0, 0.1) is 52.7 Å². The van der Waals surface area contributed by atoms with Gasteiger partial charge in [-0.1, -0.05) is 12.1 Å². The van der Waals surface area contributed by atoms with Crippen LogP contribution in [0.15, 0.2) is 158 Å². The number of hydrogen-bond acceptors (Lipinski definition) is 15. The van der Waals surface area contributed by atoms with Crippen molar-refractivity contribution in [2.75, 3.05) is 18.5 Å². The van der Waals surface area contributed by atoms with Gasteiger partial charge in [-0.15, -0.1) is 0 Å². The zero-order valence-electron chi connectivity index (χ0n) is 50.9. The lowest BCUT2D eigenvalue weighted by Crippen LogP contribution is -2.18. The average molecular weight is 1340 g/mol. The largest absolute Gasteiger partial charge is 0.489 e. The molecule has 0 spiro atoms. The van der Waals surface area contributed by atoms with Gasteiger partial charge in [-0.25, -0.2) is 36.3 Å². The molecule has 25 heteroatoms. The van der Waals surface area contributed by atoms with Crippen LogP contribution in [0.25, 0.3) is 0 Å². The fraction of sp³-hybridized carbons (Fsp3) is 0.236. The predicted octanol–water partition coefficient (Wildman–Crippen LogP) is 14.0. The van der Waals surface area contributed by atoms with Crippen molar-refractivity contribution in [1.29, 1.82) is 0 Å². The lowest BCUT2D eigenvalue weighted by atomic mass is 10.00. The fourth-order valence-electron chi connectivity index (χ4n) is 12.8. The summed E-state index contributed by atoms with van der Waals surface area (Å²) in [6.45, 7) is 0. The molecule has 9 atom stereocenters. The minimum Gasteiger partial charge on any atom is -0.489 e. The number of nitrogens with two attached hydrogens (primary N) is 2. The van der Waals surface area contributed by atoms with Crippen molar-refractivity contribution in [2.45, 2.75) is 80.8 Å². The maximum atomic E-state index is 13.8. The molecule has 3 saturated carbocycles. The molecule has 16 nitrogen and oxygen atoms in total. The average Bonchev–Trinajstić information content (AvgIpc) is 1.57. The Morgan fingerprint density at radius 2 is 0.887 bits per heavy atom. The molecule has 6 heterocycles. The van der Waals surface area contributed by atoms with Gasteiger partial charge in [0.15, 0.2) is 11.6 Å². The number of Topliss-reactive ketones (excluding diaryl/α,β-unsaturated/α-hetero) is 3. The summed E-state index contributed by atoms with van der Waals surface area (Å²) < 4.78 is 155. The number of nitrogens with one attached hydrogen (secondary N) is 1.